The summed E-state index contributed by atoms with van der Waals surface area (Å²) in [7, 11) is -3.72. The van der Waals surface area contributed by atoms with Crippen LogP contribution in [-0.2, 0) is 10.0 Å². The zero-order valence-electron chi connectivity index (χ0n) is 10.4. The molecule has 19 heavy (non-hydrogen) atoms. The molecule has 1 aromatic rings. The largest absolute Gasteiger partial charge is 0.329 e. The molecule has 0 amide bonds. The SMILES string of the molecule is NCC1CCCCN1S(=O)(=O)c1ccc(F)cc1Cl. The lowest BCUT2D eigenvalue weighted by molar-refractivity contribution is 0.257. The molecule has 1 fully saturated rings. The van der Waals surface area contributed by atoms with Crippen molar-refractivity contribution in [1.82, 2.24) is 4.31 Å². The summed E-state index contributed by atoms with van der Waals surface area (Å²) in [5.74, 6) is -0.557. The molecule has 106 valence electrons. The first kappa shape index (κ1) is 14.7. The quantitative estimate of drug-likeness (QED) is 0.929. The van der Waals surface area contributed by atoms with Gasteiger partial charge in [-0.3, -0.25) is 0 Å². The van der Waals surface area contributed by atoms with Crippen LogP contribution in [0.4, 0.5) is 4.39 Å². The van der Waals surface area contributed by atoms with Crippen LogP contribution in [0, 0.1) is 5.82 Å². The average Bonchev–Trinajstić information content (AvgIpc) is 2.38. The third-order valence-electron chi connectivity index (χ3n) is 3.33. The van der Waals surface area contributed by atoms with Gasteiger partial charge in [0.2, 0.25) is 10.0 Å². The lowest BCUT2D eigenvalue weighted by atomic mass is 10.1. The Morgan fingerprint density at radius 3 is 2.79 bits per heavy atom. The molecular weight excluding hydrogens is 291 g/mol. The fourth-order valence-electron chi connectivity index (χ4n) is 2.34. The minimum absolute atomic E-state index is 0.0593. The van der Waals surface area contributed by atoms with E-state index in [0.29, 0.717) is 6.54 Å². The third kappa shape index (κ3) is 2.91. The molecule has 1 unspecified atom stereocenters. The molecule has 2 N–H and O–H groups in total. The zero-order valence-corrected chi connectivity index (χ0v) is 11.9. The molecule has 7 heteroatoms. The molecule has 1 heterocycles. The van der Waals surface area contributed by atoms with Gasteiger partial charge in [-0.1, -0.05) is 18.0 Å². The number of piperidine rings is 1. The number of hydrogen-bond acceptors (Lipinski definition) is 3. The van der Waals surface area contributed by atoms with Crippen molar-refractivity contribution in [3.05, 3.63) is 29.0 Å². The monoisotopic (exact) mass is 306 g/mol. The molecule has 0 aliphatic carbocycles. The van der Waals surface area contributed by atoms with Crippen molar-refractivity contribution < 1.29 is 12.8 Å². The first-order chi connectivity index (χ1) is 8.96. The predicted molar refractivity (Wildman–Crippen MR) is 72.0 cm³/mol. The van der Waals surface area contributed by atoms with E-state index in [-0.39, 0.29) is 22.5 Å². The van der Waals surface area contributed by atoms with Gasteiger partial charge in [0, 0.05) is 19.1 Å². The van der Waals surface area contributed by atoms with Crippen molar-refractivity contribution in [1.29, 1.82) is 0 Å². The Balaban J connectivity index is 2.40. The summed E-state index contributed by atoms with van der Waals surface area (Å²) in [5, 5.41) is -0.0960. The Bertz CT molecular complexity index is 565. The number of sulfonamides is 1. The minimum atomic E-state index is -3.72. The van der Waals surface area contributed by atoms with E-state index in [0.717, 1.165) is 31.4 Å². The molecule has 1 saturated heterocycles. The first-order valence-corrected chi connectivity index (χ1v) is 7.95. The maximum atomic E-state index is 13.0. The molecule has 4 nitrogen and oxygen atoms in total. The summed E-state index contributed by atoms with van der Waals surface area (Å²) in [6, 6.07) is 3.10. The van der Waals surface area contributed by atoms with Crippen molar-refractivity contribution in [3.8, 4) is 0 Å². The van der Waals surface area contributed by atoms with Crippen LogP contribution in [0.5, 0.6) is 0 Å². The Kier molecular flexibility index (Phi) is 4.45. The van der Waals surface area contributed by atoms with E-state index in [9.17, 15) is 12.8 Å². The molecule has 1 aliphatic rings. The van der Waals surface area contributed by atoms with Gasteiger partial charge >= 0.3 is 0 Å². The van der Waals surface area contributed by atoms with E-state index in [1.165, 1.54) is 10.4 Å². The molecule has 0 saturated carbocycles. The Morgan fingerprint density at radius 1 is 1.42 bits per heavy atom. The fourth-order valence-corrected chi connectivity index (χ4v) is 4.55. The van der Waals surface area contributed by atoms with Gasteiger partial charge in [-0.15, -0.1) is 0 Å². The lowest BCUT2D eigenvalue weighted by Crippen LogP contribution is -2.47. The van der Waals surface area contributed by atoms with Crippen LogP contribution in [-0.4, -0.2) is 31.9 Å². The number of benzene rings is 1. The van der Waals surface area contributed by atoms with Crippen molar-refractivity contribution >= 4 is 21.6 Å². The molecule has 0 radical (unpaired) electrons. The molecule has 0 spiro atoms. The molecule has 0 bridgehead atoms. The van der Waals surface area contributed by atoms with E-state index in [4.69, 9.17) is 17.3 Å². The lowest BCUT2D eigenvalue weighted by Gasteiger charge is -2.34. The summed E-state index contributed by atoms with van der Waals surface area (Å²) in [6.45, 7) is 0.704. The van der Waals surface area contributed by atoms with E-state index in [1.807, 2.05) is 0 Å². The molecular formula is C12H16ClFN2O2S. The van der Waals surface area contributed by atoms with Crippen LogP contribution in [0.25, 0.3) is 0 Å². The van der Waals surface area contributed by atoms with Crippen molar-refractivity contribution in [2.75, 3.05) is 13.1 Å². The first-order valence-electron chi connectivity index (χ1n) is 6.14. The second-order valence-electron chi connectivity index (χ2n) is 4.58. The van der Waals surface area contributed by atoms with E-state index in [2.05, 4.69) is 0 Å². The molecule has 1 aromatic carbocycles. The maximum absolute atomic E-state index is 13.0. The average molecular weight is 307 g/mol. The van der Waals surface area contributed by atoms with Crippen LogP contribution < -0.4 is 5.73 Å². The van der Waals surface area contributed by atoms with Crippen LogP contribution >= 0.6 is 11.6 Å². The Morgan fingerprint density at radius 2 is 2.16 bits per heavy atom. The highest BCUT2D eigenvalue weighted by molar-refractivity contribution is 7.89. The molecule has 1 aliphatic heterocycles. The van der Waals surface area contributed by atoms with Crippen LogP contribution in [0.2, 0.25) is 5.02 Å². The number of hydrogen-bond donors (Lipinski definition) is 1. The highest BCUT2D eigenvalue weighted by Gasteiger charge is 2.33. The van der Waals surface area contributed by atoms with Crippen molar-refractivity contribution in [3.63, 3.8) is 0 Å². The van der Waals surface area contributed by atoms with Crippen LogP contribution in [0.15, 0.2) is 23.1 Å². The van der Waals surface area contributed by atoms with Crippen LogP contribution in [0.3, 0.4) is 0 Å². The van der Waals surface area contributed by atoms with Crippen LogP contribution in [0.1, 0.15) is 19.3 Å². The zero-order chi connectivity index (χ0) is 14.0. The van der Waals surface area contributed by atoms with Gasteiger partial charge in [-0.05, 0) is 31.0 Å². The van der Waals surface area contributed by atoms with Gasteiger partial charge in [0.25, 0.3) is 0 Å². The van der Waals surface area contributed by atoms with Gasteiger partial charge in [-0.25, -0.2) is 12.8 Å². The number of halogens is 2. The normalized spacial score (nSPS) is 21.5. The fraction of sp³-hybridized carbons (Fsp3) is 0.500. The molecule has 0 aromatic heterocycles. The topological polar surface area (TPSA) is 63.4 Å². The molecule has 1 atom stereocenters. The van der Waals surface area contributed by atoms with Gasteiger partial charge in [0.15, 0.2) is 0 Å². The van der Waals surface area contributed by atoms with E-state index < -0.39 is 15.8 Å². The minimum Gasteiger partial charge on any atom is -0.329 e. The number of nitrogens with zero attached hydrogens (tertiary/aromatic N) is 1. The standard InChI is InChI=1S/C12H16ClFN2O2S/c13-11-7-9(14)4-5-12(11)19(17,18)16-6-2-1-3-10(16)8-15/h4-5,7,10H,1-3,6,8,15H2. The second kappa shape index (κ2) is 5.75. The smallest absolute Gasteiger partial charge is 0.244 e. The number of nitrogens with two attached hydrogens (primary N) is 1. The van der Waals surface area contributed by atoms with Gasteiger partial charge in [-0.2, -0.15) is 4.31 Å². The Labute approximate surface area is 117 Å². The van der Waals surface area contributed by atoms with E-state index >= 15 is 0 Å². The van der Waals surface area contributed by atoms with Crippen molar-refractivity contribution in [2.24, 2.45) is 5.73 Å². The molecule has 2 rings (SSSR count). The third-order valence-corrected chi connectivity index (χ3v) is 5.76. The van der Waals surface area contributed by atoms with E-state index in [1.54, 1.807) is 0 Å². The number of rotatable bonds is 3. The summed E-state index contributed by atoms with van der Waals surface area (Å²) in [6.07, 6.45) is 2.51. The maximum Gasteiger partial charge on any atom is 0.244 e. The van der Waals surface area contributed by atoms with Crippen molar-refractivity contribution in [2.45, 2.75) is 30.2 Å². The van der Waals surface area contributed by atoms with Gasteiger partial charge in [0.1, 0.15) is 10.7 Å². The second-order valence-corrected chi connectivity index (χ2v) is 6.84. The summed E-state index contributed by atoms with van der Waals surface area (Å²) < 4.78 is 39.5. The highest BCUT2D eigenvalue weighted by atomic mass is 35.5. The summed E-state index contributed by atoms with van der Waals surface area (Å²) in [4.78, 5) is -0.0593. The summed E-state index contributed by atoms with van der Waals surface area (Å²) in [5.41, 5.74) is 5.63. The highest BCUT2D eigenvalue weighted by Crippen LogP contribution is 2.29. The predicted octanol–water partition coefficient (Wildman–Crippen LogP) is 1.98. The van der Waals surface area contributed by atoms with Gasteiger partial charge < -0.3 is 5.73 Å². The van der Waals surface area contributed by atoms with Gasteiger partial charge in [0.05, 0.1) is 5.02 Å². The summed E-state index contributed by atoms with van der Waals surface area (Å²) >= 11 is 5.85. The Hall–Kier alpha value is -0.690.